The first-order valence-corrected chi connectivity index (χ1v) is 5.68. The molecule has 1 amide bonds. The highest BCUT2D eigenvalue weighted by Crippen LogP contribution is 2.18. The van der Waals surface area contributed by atoms with Crippen LogP contribution in [0.4, 0.5) is 18.9 Å². The van der Waals surface area contributed by atoms with E-state index in [-0.39, 0.29) is 5.69 Å². The van der Waals surface area contributed by atoms with E-state index in [1.807, 2.05) is 0 Å². The maximum absolute atomic E-state index is 13.4. The minimum atomic E-state index is -1.47. The molecule has 0 aliphatic heterocycles. The lowest BCUT2D eigenvalue weighted by Crippen LogP contribution is -2.16. The molecule has 0 bridgehead atoms. The fraction of sp³-hybridized carbons (Fsp3) is 0. The van der Waals surface area contributed by atoms with Gasteiger partial charge in [-0.15, -0.1) is 0 Å². The van der Waals surface area contributed by atoms with E-state index in [1.54, 1.807) is 0 Å². The third-order valence-electron chi connectivity index (χ3n) is 2.65. The number of carbonyl (C=O) groups excluding carboxylic acids is 1. The Kier molecular flexibility index (Phi) is 3.93. The molecular weight excluding hydrogens is 287 g/mol. The molecule has 2 rings (SSSR count). The van der Waals surface area contributed by atoms with Gasteiger partial charge in [0.25, 0.3) is 5.91 Å². The zero-order chi connectivity index (χ0) is 15.6. The van der Waals surface area contributed by atoms with Crippen LogP contribution in [0, 0.1) is 17.5 Å². The Labute approximate surface area is 116 Å². The summed E-state index contributed by atoms with van der Waals surface area (Å²) in [6.45, 7) is 0. The Morgan fingerprint density at radius 2 is 1.57 bits per heavy atom. The maximum Gasteiger partial charge on any atom is 0.338 e. The molecule has 0 atom stereocenters. The number of halogens is 3. The molecule has 2 aromatic carbocycles. The number of aromatic carboxylic acids is 1. The summed E-state index contributed by atoms with van der Waals surface area (Å²) in [5.41, 5.74) is -1.50. The normalized spacial score (nSPS) is 10.2. The number of hydrogen-bond acceptors (Lipinski definition) is 2. The van der Waals surface area contributed by atoms with Gasteiger partial charge in [0.1, 0.15) is 23.0 Å². The van der Waals surface area contributed by atoms with E-state index in [9.17, 15) is 22.8 Å². The molecule has 0 fully saturated rings. The van der Waals surface area contributed by atoms with Gasteiger partial charge in [-0.3, -0.25) is 4.79 Å². The summed E-state index contributed by atoms with van der Waals surface area (Å²) < 4.78 is 40.2. The molecule has 0 saturated carbocycles. The van der Waals surface area contributed by atoms with E-state index in [0.29, 0.717) is 0 Å². The molecule has 0 aliphatic carbocycles. The van der Waals surface area contributed by atoms with Gasteiger partial charge in [-0.25, -0.2) is 18.0 Å². The number of carboxylic acids is 1. The predicted molar refractivity (Wildman–Crippen MR) is 67.7 cm³/mol. The first-order valence-electron chi connectivity index (χ1n) is 5.68. The van der Waals surface area contributed by atoms with Gasteiger partial charge in [-0.1, -0.05) is 6.07 Å². The van der Waals surface area contributed by atoms with Crippen LogP contribution in [0.3, 0.4) is 0 Å². The Bertz CT molecular complexity index is 711. The van der Waals surface area contributed by atoms with Crippen molar-refractivity contribution in [1.29, 1.82) is 0 Å². The third kappa shape index (κ3) is 3.02. The van der Waals surface area contributed by atoms with Crippen LogP contribution in [0.2, 0.25) is 0 Å². The van der Waals surface area contributed by atoms with Crippen LogP contribution < -0.4 is 5.32 Å². The molecule has 108 valence electrons. The average molecular weight is 295 g/mol. The Hall–Kier alpha value is -2.83. The van der Waals surface area contributed by atoms with Gasteiger partial charge in [0.15, 0.2) is 0 Å². The number of carboxylic acid groups (broad SMARTS) is 1. The summed E-state index contributed by atoms with van der Waals surface area (Å²) in [5.74, 6) is -5.77. The van der Waals surface area contributed by atoms with E-state index in [0.717, 1.165) is 36.4 Å². The van der Waals surface area contributed by atoms with Crippen molar-refractivity contribution >= 4 is 17.6 Å². The van der Waals surface area contributed by atoms with Crippen LogP contribution in [-0.2, 0) is 0 Å². The number of rotatable bonds is 3. The molecule has 21 heavy (non-hydrogen) atoms. The Balaban J connectivity index is 2.28. The second-order valence-electron chi connectivity index (χ2n) is 4.05. The summed E-state index contributed by atoms with van der Waals surface area (Å²) in [4.78, 5) is 22.4. The topological polar surface area (TPSA) is 66.4 Å². The number of amides is 1. The van der Waals surface area contributed by atoms with Gasteiger partial charge in [0.2, 0.25) is 0 Å². The molecule has 7 heteroatoms. The molecule has 0 heterocycles. The lowest BCUT2D eigenvalue weighted by Gasteiger charge is -2.08. The minimum absolute atomic E-state index is 0.120. The molecule has 0 radical (unpaired) electrons. The van der Waals surface area contributed by atoms with Crippen molar-refractivity contribution < 1.29 is 27.9 Å². The van der Waals surface area contributed by atoms with Crippen molar-refractivity contribution in [1.82, 2.24) is 0 Å². The lowest BCUT2D eigenvalue weighted by molar-refractivity contribution is 0.0691. The Morgan fingerprint density at radius 3 is 2.10 bits per heavy atom. The van der Waals surface area contributed by atoms with E-state index in [1.165, 1.54) is 0 Å². The van der Waals surface area contributed by atoms with E-state index in [2.05, 4.69) is 5.32 Å². The van der Waals surface area contributed by atoms with Gasteiger partial charge in [-0.2, -0.15) is 0 Å². The smallest absolute Gasteiger partial charge is 0.338 e. The second-order valence-corrected chi connectivity index (χ2v) is 4.05. The van der Waals surface area contributed by atoms with Crippen molar-refractivity contribution in [3.63, 3.8) is 0 Å². The van der Waals surface area contributed by atoms with Crippen molar-refractivity contribution in [3.8, 4) is 0 Å². The van der Waals surface area contributed by atoms with Crippen molar-refractivity contribution in [2.24, 2.45) is 0 Å². The zero-order valence-electron chi connectivity index (χ0n) is 10.4. The van der Waals surface area contributed by atoms with Gasteiger partial charge in [0, 0.05) is 5.69 Å². The number of hydrogen-bond donors (Lipinski definition) is 2. The number of nitrogens with one attached hydrogen (secondary N) is 1. The van der Waals surface area contributed by atoms with Crippen LogP contribution in [0.5, 0.6) is 0 Å². The van der Waals surface area contributed by atoms with Gasteiger partial charge >= 0.3 is 5.97 Å². The monoisotopic (exact) mass is 295 g/mol. The number of anilines is 1. The minimum Gasteiger partial charge on any atom is -0.478 e. The van der Waals surface area contributed by atoms with Gasteiger partial charge < -0.3 is 10.4 Å². The van der Waals surface area contributed by atoms with Crippen LogP contribution in [0.15, 0.2) is 36.4 Å². The first kappa shape index (κ1) is 14.6. The quantitative estimate of drug-likeness (QED) is 0.914. The highest BCUT2D eigenvalue weighted by molar-refractivity contribution is 6.04. The standard InChI is InChI=1S/C14H8F3NO3/c15-9-2-1-3-10(16)12(9)13(19)18-7-4-5-8(14(20)21)11(17)6-7/h1-6H,(H,18,19)(H,20,21). The third-order valence-corrected chi connectivity index (χ3v) is 2.65. The SMILES string of the molecule is O=C(O)c1ccc(NC(=O)c2c(F)cccc2F)cc1F. The van der Waals surface area contributed by atoms with Gasteiger partial charge in [-0.05, 0) is 30.3 Å². The molecule has 0 spiro atoms. The largest absolute Gasteiger partial charge is 0.478 e. The molecule has 2 N–H and O–H groups in total. The van der Waals surface area contributed by atoms with Crippen molar-refractivity contribution in [2.75, 3.05) is 5.32 Å². The van der Waals surface area contributed by atoms with Crippen LogP contribution in [0.1, 0.15) is 20.7 Å². The molecule has 0 unspecified atom stereocenters. The summed E-state index contributed by atoms with van der Waals surface area (Å²) in [7, 11) is 0. The number of benzene rings is 2. The Morgan fingerprint density at radius 1 is 0.952 bits per heavy atom. The summed E-state index contributed by atoms with van der Waals surface area (Å²) >= 11 is 0. The fourth-order valence-corrected chi connectivity index (χ4v) is 1.67. The van der Waals surface area contributed by atoms with E-state index in [4.69, 9.17) is 5.11 Å². The van der Waals surface area contributed by atoms with Gasteiger partial charge in [0.05, 0.1) is 5.56 Å². The van der Waals surface area contributed by atoms with Crippen LogP contribution in [-0.4, -0.2) is 17.0 Å². The van der Waals surface area contributed by atoms with Crippen molar-refractivity contribution in [3.05, 3.63) is 65.0 Å². The fourth-order valence-electron chi connectivity index (χ4n) is 1.67. The van der Waals surface area contributed by atoms with Crippen LogP contribution in [0.25, 0.3) is 0 Å². The van der Waals surface area contributed by atoms with Crippen molar-refractivity contribution in [2.45, 2.75) is 0 Å². The van der Waals surface area contributed by atoms with Crippen LogP contribution >= 0.6 is 0 Å². The average Bonchev–Trinajstić information content (AvgIpc) is 2.37. The molecule has 2 aromatic rings. The molecule has 0 aromatic heterocycles. The first-order chi connectivity index (χ1) is 9.90. The summed E-state index contributed by atoms with van der Waals surface area (Å²) in [5, 5.41) is 10.8. The molecule has 0 saturated heterocycles. The molecule has 4 nitrogen and oxygen atoms in total. The maximum atomic E-state index is 13.4. The lowest BCUT2D eigenvalue weighted by atomic mass is 10.1. The van der Waals surface area contributed by atoms with E-state index >= 15 is 0 Å². The highest BCUT2D eigenvalue weighted by Gasteiger charge is 2.18. The second kappa shape index (κ2) is 5.66. The molecular formula is C14H8F3NO3. The van der Waals surface area contributed by atoms with E-state index < -0.39 is 40.5 Å². The number of carbonyl (C=O) groups is 2. The molecule has 0 aliphatic rings. The summed E-state index contributed by atoms with van der Waals surface area (Å²) in [6.07, 6.45) is 0. The highest BCUT2D eigenvalue weighted by atomic mass is 19.1. The predicted octanol–water partition coefficient (Wildman–Crippen LogP) is 3.05. The summed E-state index contributed by atoms with van der Waals surface area (Å²) in [6, 6.07) is 5.72. The zero-order valence-corrected chi connectivity index (χ0v) is 10.4.